The van der Waals surface area contributed by atoms with Gasteiger partial charge in [-0.05, 0) is 18.1 Å². The van der Waals surface area contributed by atoms with E-state index in [-0.39, 0.29) is 17.8 Å². The third kappa shape index (κ3) is 1.88. The van der Waals surface area contributed by atoms with Gasteiger partial charge in [0.25, 0.3) is 6.43 Å². The molecule has 0 atom stereocenters. The number of hydrogen-bond acceptors (Lipinski definition) is 3. The van der Waals surface area contributed by atoms with Gasteiger partial charge in [0.05, 0.1) is 6.61 Å². The molecule has 0 saturated carbocycles. The molecule has 5 heteroatoms. The van der Waals surface area contributed by atoms with Crippen LogP contribution in [0.3, 0.4) is 0 Å². The zero-order chi connectivity index (χ0) is 10.7. The van der Waals surface area contributed by atoms with Gasteiger partial charge in [-0.3, -0.25) is 4.98 Å². The molecule has 3 N–H and O–H groups in total. The average Bonchev–Trinajstić information content (AvgIpc) is 2.16. The van der Waals surface area contributed by atoms with E-state index < -0.39 is 13.0 Å². The van der Waals surface area contributed by atoms with Crippen LogP contribution in [0.25, 0.3) is 0 Å². The van der Waals surface area contributed by atoms with Gasteiger partial charge in [0.1, 0.15) is 5.69 Å². The van der Waals surface area contributed by atoms with Crippen molar-refractivity contribution in [1.29, 1.82) is 0 Å². The minimum atomic E-state index is -2.68. The predicted molar refractivity (Wildman–Crippen MR) is 47.7 cm³/mol. The minimum Gasteiger partial charge on any atom is -0.392 e. The first-order valence-corrected chi connectivity index (χ1v) is 4.18. The Balaban J connectivity index is 3.33. The third-order valence-electron chi connectivity index (χ3n) is 2.12. The lowest BCUT2D eigenvalue weighted by molar-refractivity contribution is 0.141. The molecule has 0 spiro atoms. The Morgan fingerprint density at radius 2 is 2.14 bits per heavy atom. The average molecular weight is 202 g/mol. The number of aliphatic hydroxyl groups is 1. The fourth-order valence-electron chi connectivity index (χ4n) is 1.36. The van der Waals surface area contributed by atoms with Crippen molar-refractivity contribution < 1.29 is 13.9 Å². The second-order valence-electron chi connectivity index (χ2n) is 2.95. The van der Waals surface area contributed by atoms with Crippen LogP contribution >= 0.6 is 0 Å². The number of hydrogen-bond donors (Lipinski definition) is 2. The fourth-order valence-corrected chi connectivity index (χ4v) is 1.36. The first kappa shape index (κ1) is 11.0. The molecule has 78 valence electrons. The lowest BCUT2D eigenvalue weighted by Crippen LogP contribution is -2.09. The van der Waals surface area contributed by atoms with Gasteiger partial charge in [-0.15, -0.1) is 0 Å². The Labute approximate surface area is 80.6 Å². The molecule has 3 nitrogen and oxygen atoms in total. The van der Waals surface area contributed by atoms with Crippen LogP contribution < -0.4 is 5.73 Å². The van der Waals surface area contributed by atoms with Gasteiger partial charge in [0, 0.05) is 18.3 Å². The van der Waals surface area contributed by atoms with E-state index in [1.807, 2.05) is 0 Å². The number of halogens is 2. The highest BCUT2D eigenvalue weighted by Crippen LogP contribution is 2.24. The van der Waals surface area contributed by atoms with E-state index in [1.165, 1.54) is 6.20 Å². The number of nitrogens with zero attached hydrogens (tertiary/aromatic N) is 1. The minimum absolute atomic E-state index is 0.129. The molecule has 0 aliphatic rings. The Morgan fingerprint density at radius 3 is 2.57 bits per heavy atom. The van der Waals surface area contributed by atoms with Crippen molar-refractivity contribution in [3.8, 4) is 0 Å². The summed E-state index contributed by atoms with van der Waals surface area (Å²) < 4.78 is 24.9. The van der Waals surface area contributed by atoms with Gasteiger partial charge in [0.15, 0.2) is 0 Å². The predicted octanol–water partition coefficient (Wildman–Crippen LogP) is 1.28. The summed E-state index contributed by atoms with van der Waals surface area (Å²) in [6.07, 6.45) is -1.33. The van der Waals surface area contributed by atoms with Crippen LogP contribution in [0.4, 0.5) is 8.78 Å². The van der Waals surface area contributed by atoms with Crippen LogP contribution in [-0.2, 0) is 13.2 Å². The number of aryl methyl sites for hydroxylation is 1. The highest BCUT2D eigenvalue weighted by Gasteiger charge is 2.17. The Bertz CT molecular complexity index is 329. The van der Waals surface area contributed by atoms with Crippen molar-refractivity contribution in [2.75, 3.05) is 0 Å². The first-order valence-electron chi connectivity index (χ1n) is 4.18. The standard InChI is InChI=1S/C9H12F2N2O/c1-5-3-13-8(9(10)11)7(4-14)6(5)2-12/h3,9,14H,2,4,12H2,1H3. The maximum Gasteiger partial charge on any atom is 0.280 e. The number of rotatable bonds is 3. The second-order valence-corrected chi connectivity index (χ2v) is 2.95. The van der Waals surface area contributed by atoms with E-state index >= 15 is 0 Å². The summed E-state index contributed by atoms with van der Waals surface area (Å²) in [5, 5.41) is 8.97. The molecule has 1 heterocycles. The van der Waals surface area contributed by atoms with Crippen molar-refractivity contribution in [1.82, 2.24) is 4.98 Å². The molecule has 0 bridgehead atoms. The molecule has 1 aromatic heterocycles. The number of aliphatic hydroxyl groups excluding tert-OH is 1. The molecule has 1 aromatic rings. The molecule has 0 radical (unpaired) electrons. The highest BCUT2D eigenvalue weighted by molar-refractivity contribution is 5.35. The smallest absolute Gasteiger partial charge is 0.280 e. The lowest BCUT2D eigenvalue weighted by Gasteiger charge is -2.12. The molecule has 0 amide bonds. The van der Waals surface area contributed by atoms with Crippen LogP contribution in [0.5, 0.6) is 0 Å². The van der Waals surface area contributed by atoms with E-state index in [0.717, 1.165) is 5.56 Å². The first-order chi connectivity index (χ1) is 6.61. The van der Waals surface area contributed by atoms with Crippen molar-refractivity contribution in [2.24, 2.45) is 5.73 Å². The molecular weight excluding hydrogens is 190 g/mol. The normalized spacial score (nSPS) is 11.0. The Morgan fingerprint density at radius 1 is 1.50 bits per heavy atom. The van der Waals surface area contributed by atoms with Gasteiger partial charge in [-0.25, -0.2) is 8.78 Å². The number of aromatic nitrogens is 1. The summed E-state index contributed by atoms with van der Waals surface area (Å²) in [5.74, 6) is 0. The third-order valence-corrected chi connectivity index (χ3v) is 2.12. The van der Waals surface area contributed by atoms with E-state index in [2.05, 4.69) is 4.98 Å². The van der Waals surface area contributed by atoms with E-state index in [9.17, 15) is 8.78 Å². The topological polar surface area (TPSA) is 59.1 Å². The summed E-state index contributed by atoms with van der Waals surface area (Å²) in [6.45, 7) is 1.40. The van der Waals surface area contributed by atoms with Gasteiger partial charge < -0.3 is 10.8 Å². The van der Waals surface area contributed by atoms with Crippen LogP contribution in [0.2, 0.25) is 0 Å². The highest BCUT2D eigenvalue weighted by atomic mass is 19.3. The second kappa shape index (κ2) is 4.43. The molecule has 0 aliphatic heterocycles. The lowest BCUT2D eigenvalue weighted by atomic mass is 10.0. The summed E-state index contributed by atoms with van der Waals surface area (Å²) in [7, 11) is 0. The summed E-state index contributed by atoms with van der Waals surface area (Å²) in [4.78, 5) is 3.59. The van der Waals surface area contributed by atoms with Gasteiger partial charge >= 0.3 is 0 Å². The summed E-state index contributed by atoms with van der Waals surface area (Å²) >= 11 is 0. The summed E-state index contributed by atoms with van der Waals surface area (Å²) in [5.41, 5.74) is 6.47. The van der Waals surface area contributed by atoms with E-state index in [1.54, 1.807) is 6.92 Å². The van der Waals surface area contributed by atoms with Gasteiger partial charge in [-0.1, -0.05) is 0 Å². The number of pyridine rings is 1. The van der Waals surface area contributed by atoms with E-state index in [0.29, 0.717) is 5.56 Å². The molecular formula is C9H12F2N2O. The maximum atomic E-state index is 12.4. The molecule has 14 heavy (non-hydrogen) atoms. The van der Waals surface area contributed by atoms with Crippen LogP contribution in [-0.4, -0.2) is 10.1 Å². The quantitative estimate of drug-likeness (QED) is 0.776. The van der Waals surface area contributed by atoms with Crippen molar-refractivity contribution in [2.45, 2.75) is 26.5 Å². The van der Waals surface area contributed by atoms with Crippen LogP contribution in [0, 0.1) is 6.92 Å². The van der Waals surface area contributed by atoms with Crippen LogP contribution in [0.1, 0.15) is 28.8 Å². The molecule has 0 aliphatic carbocycles. The number of alkyl halides is 2. The molecule has 0 fully saturated rings. The monoisotopic (exact) mass is 202 g/mol. The van der Waals surface area contributed by atoms with Crippen molar-refractivity contribution in [3.05, 3.63) is 28.6 Å². The van der Waals surface area contributed by atoms with Crippen molar-refractivity contribution >= 4 is 0 Å². The van der Waals surface area contributed by atoms with Gasteiger partial charge in [-0.2, -0.15) is 0 Å². The van der Waals surface area contributed by atoms with E-state index in [4.69, 9.17) is 10.8 Å². The summed E-state index contributed by atoms with van der Waals surface area (Å²) in [6, 6.07) is 0. The zero-order valence-corrected chi connectivity index (χ0v) is 7.80. The maximum absolute atomic E-state index is 12.4. The molecule has 1 rings (SSSR count). The molecule has 0 saturated heterocycles. The Hall–Kier alpha value is -1.07. The van der Waals surface area contributed by atoms with Crippen LogP contribution in [0.15, 0.2) is 6.20 Å². The SMILES string of the molecule is Cc1cnc(C(F)F)c(CO)c1CN. The zero-order valence-electron chi connectivity index (χ0n) is 7.80. The number of nitrogens with two attached hydrogens (primary N) is 1. The Kier molecular flexibility index (Phi) is 3.49. The molecule has 0 unspecified atom stereocenters. The van der Waals surface area contributed by atoms with Crippen molar-refractivity contribution in [3.63, 3.8) is 0 Å². The fraction of sp³-hybridized carbons (Fsp3) is 0.444. The molecule has 0 aromatic carbocycles. The largest absolute Gasteiger partial charge is 0.392 e. The van der Waals surface area contributed by atoms with Gasteiger partial charge in [0.2, 0.25) is 0 Å².